The maximum Gasteiger partial charge on any atom is 0.248 e. The number of aromatic nitrogens is 4. The van der Waals surface area contributed by atoms with Crippen LogP contribution in [0.2, 0.25) is 0 Å². The molecule has 0 saturated carbocycles. The monoisotopic (exact) mass is 906 g/mol. The Labute approximate surface area is 404 Å². The van der Waals surface area contributed by atoms with Gasteiger partial charge in [-0.15, -0.1) is 10.2 Å². The van der Waals surface area contributed by atoms with Crippen LogP contribution >= 0.6 is 0 Å². The van der Waals surface area contributed by atoms with E-state index in [0.717, 1.165) is 67.4 Å². The molecule has 0 atom stereocenters. The van der Waals surface area contributed by atoms with E-state index < -0.39 is 0 Å². The molecule has 70 heavy (non-hydrogen) atoms. The van der Waals surface area contributed by atoms with Crippen LogP contribution in [0.5, 0.6) is 0 Å². The lowest BCUT2D eigenvalue weighted by Gasteiger charge is -2.29. The first-order chi connectivity index (χ1) is 34.6. The van der Waals surface area contributed by atoms with E-state index in [4.69, 9.17) is 29.9 Å². The summed E-state index contributed by atoms with van der Waals surface area (Å²) in [5.41, 5.74) is 12.8. The molecule has 2 aromatic heterocycles. The van der Waals surface area contributed by atoms with Gasteiger partial charge in [-0.3, -0.25) is 10.8 Å². The number of hydrogen-bond donors (Lipinski definition) is 2. The van der Waals surface area contributed by atoms with Crippen LogP contribution in [0.3, 0.4) is 0 Å². The summed E-state index contributed by atoms with van der Waals surface area (Å²) in [6, 6.07) is 79.7. The molecular formula is C60H42N8O2. The van der Waals surface area contributed by atoms with E-state index >= 15 is 0 Å². The van der Waals surface area contributed by atoms with E-state index in [1.165, 1.54) is 0 Å². The molecule has 0 bridgehead atoms. The van der Waals surface area contributed by atoms with Gasteiger partial charge >= 0.3 is 0 Å². The lowest BCUT2D eigenvalue weighted by molar-refractivity contribution is 0.538. The molecule has 11 rings (SSSR count). The second-order valence-corrected chi connectivity index (χ2v) is 16.3. The minimum absolute atomic E-state index is 0.0913. The van der Waals surface area contributed by atoms with Crippen molar-refractivity contribution >= 4 is 57.0 Å². The fourth-order valence-electron chi connectivity index (χ4n) is 8.48. The summed E-state index contributed by atoms with van der Waals surface area (Å²) < 4.78 is 11.8. The van der Waals surface area contributed by atoms with E-state index in [9.17, 15) is 0 Å². The molecule has 2 N–H and O–H groups in total. The lowest BCUT2D eigenvalue weighted by atomic mass is 9.98. The van der Waals surface area contributed by atoms with E-state index in [2.05, 4.69) is 80.7 Å². The fourth-order valence-corrected chi connectivity index (χ4v) is 8.48. The molecule has 0 aliphatic carbocycles. The Morgan fingerprint density at radius 2 is 0.714 bits per heavy atom. The van der Waals surface area contributed by atoms with Gasteiger partial charge in [-0.05, 0) is 121 Å². The molecule has 0 amide bonds. The second-order valence-electron chi connectivity index (χ2n) is 16.3. The molecule has 0 fully saturated rings. The number of ether oxygens (including phenoxy) is 1. The Kier molecular flexibility index (Phi) is 11.7. The highest BCUT2D eigenvalue weighted by atomic mass is 16.5. The number of fused-ring (bicyclic) bond motifs is 1. The Balaban J connectivity index is 1.02. The minimum atomic E-state index is -0.119. The van der Waals surface area contributed by atoms with E-state index in [-0.39, 0.29) is 11.8 Å². The molecule has 10 nitrogen and oxygen atoms in total. The number of para-hydroxylation sites is 6. The average molecular weight is 907 g/mol. The van der Waals surface area contributed by atoms with Crippen molar-refractivity contribution in [1.82, 2.24) is 20.2 Å². The molecule has 0 spiro atoms. The number of benzene rings is 9. The van der Waals surface area contributed by atoms with Crippen molar-refractivity contribution < 1.29 is 9.15 Å². The maximum atomic E-state index is 8.76. The van der Waals surface area contributed by atoms with Crippen molar-refractivity contribution in [3.05, 3.63) is 254 Å². The summed E-state index contributed by atoms with van der Waals surface area (Å²) in [5.74, 6) is 0.682. The van der Waals surface area contributed by atoms with Crippen molar-refractivity contribution in [2.75, 3.05) is 9.80 Å². The van der Waals surface area contributed by atoms with Gasteiger partial charge in [0.2, 0.25) is 23.6 Å². The highest BCUT2D eigenvalue weighted by molar-refractivity contribution is 6.05. The zero-order chi connectivity index (χ0) is 47.2. The summed E-state index contributed by atoms with van der Waals surface area (Å²) in [7, 11) is 0. The molecule has 2 heterocycles. The summed E-state index contributed by atoms with van der Waals surface area (Å²) in [5, 5.41) is 26.0. The van der Waals surface area contributed by atoms with Crippen LogP contribution in [0.25, 0.3) is 56.5 Å². The van der Waals surface area contributed by atoms with Gasteiger partial charge in [-0.1, -0.05) is 121 Å². The van der Waals surface area contributed by atoms with Gasteiger partial charge in [-0.2, -0.15) is 0 Å². The van der Waals surface area contributed by atoms with Gasteiger partial charge in [0.25, 0.3) is 0 Å². The first-order valence-corrected chi connectivity index (χ1v) is 22.7. The third-order valence-electron chi connectivity index (χ3n) is 11.8. The molecule has 0 aliphatic rings. The third-order valence-corrected chi connectivity index (χ3v) is 11.8. The number of rotatable bonds is 12. The highest BCUT2D eigenvalue weighted by Crippen LogP contribution is 2.46. The first kappa shape index (κ1) is 42.8. The van der Waals surface area contributed by atoms with Crippen LogP contribution in [-0.2, 0) is 4.74 Å². The third kappa shape index (κ3) is 8.67. The molecule has 11 aromatic rings. The zero-order valence-electron chi connectivity index (χ0n) is 37.6. The first-order valence-electron chi connectivity index (χ1n) is 22.7. The predicted molar refractivity (Wildman–Crippen MR) is 280 cm³/mol. The number of hydrogen-bond acceptors (Lipinski definition) is 10. The van der Waals surface area contributed by atoms with Gasteiger partial charge in [-0.25, -0.2) is 9.97 Å². The second kappa shape index (κ2) is 19.2. The van der Waals surface area contributed by atoms with E-state index in [0.29, 0.717) is 34.3 Å². The van der Waals surface area contributed by atoms with Crippen molar-refractivity contribution in [2.45, 2.75) is 0 Å². The molecule has 10 heteroatoms. The van der Waals surface area contributed by atoms with Crippen LogP contribution in [-0.4, -0.2) is 32.0 Å². The number of nitrogens with zero attached hydrogens (tertiary/aromatic N) is 6. The molecule has 0 saturated heterocycles. The van der Waals surface area contributed by atoms with Gasteiger partial charge in [0, 0.05) is 56.1 Å². The van der Waals surface area contributed by atoms with Crippen LogP contribution in [0.4, 0.5) is 34.1 Å². The van der Waals surface area contributed by atoms with Crippen LogP contribution in [0.1, 0.15) is 11.1 Å². The summed E-state index contributed by atoms with van der Waals surface area (Å²) >= 11 is 0. The van der Waals surface area contributed by atoms with E-state index in [1.807, 2.05) is 170 Å². The standard InChI is InChI=1S/C60H42N8O2/c61-57(41-19-5-1-6-20-41)69-58(62)42-33-37-47(38-34-42)67(45-23-9-3-10-24-45)53-31-17-13-27-49(53)55-56(64-52-30-16-15-29-51(52)63-55)50-28-14-18-32-54(50)68(46-25-11-4-12-26-46)48-39-35-44(36-40-48)60-66-65-59(70-60)43-21-7-2-8-22-43/h1-40,61-62H. The van der Waals surface area contributed by atoms with Gasteiger partial charge in [0.05, 0.1) is 33.8 Å². The van der Waals surface area contributed by atoms with Gasteiger partial charge < -0.3 is 19.0 Å². The van der Waals surface area contributed by atoms with Crippen molar-refractivity contribution in [3.63, 3.8) is 0 Å². The molecule has 334 valence electrons. The Morgan fingerprint density at radius 3 is 1.20 bits per heavy atom. The van der Waals surface area contributed by atoms with Gasteiger partial charge in [0.1, 0.15) is 0 Å². The normalized spacial score (nSPS) is 11.0. The molecule has 0 aliphatic heterocycles. The quantitative estimate of drug-likeness (QED) is 0.0916. The summed E-state index contributed by atoms with van der Waals surface area (Å²) in [4.78, 5) is 15.3. The van der Waals surface area contributed by atoms with Crippen LogP contribution < -0.4 is 9.80 Å². The number of nitrogens with one attached hydrogen (secondary N) is 2. The molecular weight excluding hydrogens is 865 g/mol. The smallest absolute Gasteiger partial charge is 0.248 e. The lowest BCUT2D eigenvalue weighted by Crippen LogP contribution is -2.14. The fraction of sp³-hybridized carbons (Fsp3) is 0. The Hall–Kier alpha value is -9.80. The molecule has 0 radical (unpaired) electrons. The highest BCUT2D eigenvalue weighted by Gasteiger charge is 2.25. The summed E-state index contributed by atoms with van der Waals surface area (Å²) in [6.45, 7) is 0. The Morgan fingerprint density at radius 1 is 0.357 bits per heavy atom. The van der Waals surface area contributed by atoms with Crippen LogP contribution in [0, 0.1) is 10.8 Å². The number of anilines is 6. The maximum absolute atomic E-state index is 8.76. The van der Waals surface area contributed by atoms with Gasteiger partial charge in [0.15, 0.2) is 0 Å². The van der Waals surface area contributed by atoms with Crippen molar-refractivity contribution in [2.24, 2.45) is 0 Å². The minimum Gasteiger partial charge on any atom is -0.421 e. The topological polar surface area (TPSA) is 128 Å². The predicted octanol–water partition coefficient (Wildman–Crippen LogP) is 15.0. The molecule has 0 unspecified atom stereocenters. The SMILES string of the molecule is N=C(OC(=N)c1ccc(N(c2ccccc2)c2ccccc2-c2nc3ccccc3nc2-c2ccccc2N(c2ccccc2)c2ccc(-c3nnc(-c4ccccc4)o3)cc2)cc1)c1ccccc1. The van der Waals surface area contributed by atoms with Crippen LogP contribution in [0.15, 0.2) is 247 Å². The average Bonchev–Trinajstić information content (AvgIpc) is 3.93. The largest absolute Gasteiger partial charge is 0.421 e. The van der Waals surface area contributed by atoms with Crippen molar-refractivity contribution in [1.29, 1.82) is 10.8 Å². The summed E-state index contributed by atoms with van der Waals surface area (Å²) in [6.07, 6.45) is 0. The van der Waals surface area contributed by atoms with Crippen molar-refractivity contribution in [3.8, 4) is 45.4 Å². The zero-order valence-corrected chi connectivity index (χ0v) is 37.6. The molecule has 9 aromatic carbocycles. The Bertz CT molecular complexity index is 3610. The van der Waals surface area contributed by atoms with E-state index in [1.54, 1.807) is 12.1 Å².